The lowest BCUT2D eigenvalue weighted by Gasteiger charge is -2.23. The summed E-state index contributed by atoms with van der Waals surface area (Å²) < 4.78 is 7.04. The van der Waals surface area contributed by atoms with Gasteiger partial charge in [0, 0.05) is 13.1 Å². The molecule has 0 radical (unpaired) electrons. The van der Waals surface area contributed by atoms with Gasteiger partial charge in [0.2, 0.25) is 0 Å². The van der Waals surface area contributed by atoms with Crippen LogP contribution < -0.4 is 10.6 Å². The number of hydrogen-bond acceptors (Lipinski definition) is 5. The molecule has 0 saturated carbocycles. The van der Waals surface area contributed by atoms with E-state index < -0.39 is 6.10 Å². The number of ether oxygens (including phenoxy) is 1. The molecule has 104 valence electrons. The maximum Gasteiger partial charge on any atom is 0.254 e. The Hall–Kier alpha value is -2.25. The number of amides is 1. The molecule has 7 heteroatoms. The van der Waals surface area contributed by atoms with Gasteiger partial charge in [-0.05, 0) is 12.1 Å². The molecular weight excluding hydrogens is 258 g/mol. The smallest absolute Gasteiger partial charge is 0.254 e. The minimum absolute atomic E-state index is 0.162. The van der Waals surface area contributed by atoms with E-state index in [2.05, 4.69) is 20.7 Å². The molecule has 20 heavy (non-hydrogen) atoms. The molecule has 1 atom stereocenters. The van der Waals surface area contributed by atoms with Gasteiger partial charge in [-0.2, -0.15) is 5.10 Å². The lowest BCUT2D eigenvalue weighted by atomic mass is 10.2. The van der Waals surface area contributed by atoms with Crippen molar-refractivity contribution in [3.63, 3.8) is 0 Å². The number of benzene rings is 1. The van der Waals surface area contributed by atoms with Crippen LogP contribution >= 0.6 is 0 Å². The van der Waals surface area contributed by atoms with E-state index in [0.29, 0.717) is 18.8 Å². The van der Waals surface area contributed by atoms with Gasteiger partial charge >= 0.3 is 0 Å². The van der Waals surface area contributed by atoms with Crippen LogP contribution in [0, 0.1) is 0 Å². The topological polar surface area (TPSA) is 81.1 Å². The first-order valence-electron chi connectivity index (χ1n) is 6.42. The van der Waals surface area contributed by atoms with Crippen molar-refractivity contribution in [3.05, 3.63) is 36.9 Å². The van der Waals surface area contributed by atoms with Gasteiger partial charge in [-0.25, -0.2) is 9.67 Å². The van der Waals surface area contributed by atoms with Crippen molar-refractivity contribution in [2.75, 3.05) is 25.0 Å². The van der Waals surface area contributed by atoms with Crippen LogP contribution in [0.25, 0.3) is 5.69 Å². The molecular formula is C13H15N5O2. The van der Waals surface area contributed by atoms with Crippen LogP contribution in [-0.2, 0) is 9.53 Å². The van der Waals surface area contributed by atoms with E-state index in [1.165, 1.54) is 6.33 Å². The number of morpholine rings is 1. The zero-order chi connectivity index (χ0) is 13.8. The molecule has 2 N–H and O–H groups in total. The monoisotopic (exact) mass is 273 g/mol. The van der Waals surface area contributed by atoms with E-state index in [9.17, 15) is 4.79 Å². The molecule has 0 bridgehead atoms. The predicted octanol–water partition coefficient (Wildman–Crippen LogP) is 0.194. The fourth-order valence-electron chi connectivity index (χ4n) is 2.06. The molecule has 0 aliphatic carbocycles. The Balaban J connectivity index is 1.79. The largest absolute Gasteiger partial charge is 0.366 e. The zero-order valence-electron chi connectivity index (χ0n) is 10.8. The standard InChI is InChI=1S/C13H15N5O2/c19-13(12-7-14-5-6-20-12)17-10-3-1-2-4-11(10)18-9-15-8-16-18/h1-4,8-9,12,14H,5-7H2,(H,17,19). The molecule has 1 aromatic heterocycles. The van der Waals surface area contributed by atoms with E-state index in [1.54, 1.807) is 11.0 Å². The highest BCUT2D eigenvalue weighted by Crippen LogP contribution is 2.19. The fourth-order valence-corrected chi connectivity index (χ4v) is 2.06. The Morgan fingerprint density at radius 2 is 2.35 bits per heavy atom. The molecule has 1 saturated heterocycles. The maximum absolute atomic E-state index is 12.2. The van der Waals surface area contributed by atoms with E-state index in [0.717, 1.165) is 12.2 Å². The SMILES string of the molecule is O=C(Nc1ccccc1-n1cncn1)C1CNCCO1. The molecule has 2 aromatic rings. The van der Waals surface area contributed by atoms with Crippen molar-refractivity contribution in [2.24, 2.45) is 0 Å². The summed E-state index contributed by atoms with van der Waals surface area (Å²) in [6.07, 6.45) is 2.57. The van der Waals surface area contributed by atoms with Crippen molar-refractivity contribution in [3.8, 4) is 5.69 Å². The third-order valence-electron chi connectivity index (χ3n) is 3.05. The molecule has 1 amide bonds. The lowest BCUT2D eigenvalue weighted by molar-refractivity contribution is -0.128. The van der Waals surface area contributed by atoms with Crippen LogP contribution in [0.4, 0.5) is 5.69 Å². The van der Waals surface area contributed by atoms with Gasteiger partial charge in [0.05, 0.1) is 18.0 Å². The predicted molar refractivity (Wildman–Crippen MR) is 72.6 cm³/mol. The van der Waals surface area contributed by atoms with Crippen molar-refractivity contribution >= 4 is 11.6 Å². The molecule has 2 heterocycles. The third kappa shape index (κ3) is 2.68. The maximum atomic E-state index is 12.2. The summed E-state index contributed by atoms with van der Waals surface area (Å²) in [5, 5.41) is 10.1. The number of nitrogens with one attached hydrogen (secondary N) is 2. The molecule has 0 spiro atoms. The Morgan fingerprint density at radius 1 is 1.45 bits per heavy atom. The first kappa shape index (κ1) is 12.8. The number of carbonyl (C=O) groups is 1. The van der Waals surface area contributed by atoms with E-state index in [4.69, 9.17) is 4.74 Å². The van der Waals surface area contributed by atoms with E-state index >= 15 is 0 Å². The van der Waals surface area contributed by atoms with Crippen molar-refractivity contribution in [1.82, 2.24) is 20.1 Å². The lowest BCUT2D eigenvalue weighted by Crippen LogP contribution is -2.45. The summed E-state index contributed by atoms with van der Waals surface area (Å²) in [5.41, 5.74) is 1.44. The second-order valence-corrected chi connectivity index (χ2v) is 4.41. The highest BCUT2D eigenvalue weighted by atomic mass is 16.5. The third-order valence-corrected chi connectivity index (χ3v) is 3.05. The number of carbonyl (C=O) groups excluding carboxylic acids is 1. The number of para-hydroxylation sites is 2. The van der Waals surface area contributed by atoms with Crippen molar-refractivity contribution in [2.45, 2.75) is 6.10 Å². The number of nitrogens with zero attached hydrogens (tertiary/aromatic N) is 3. The molecule has 1 unspecified atom stereocenters. The molecule has 1 aromatic carbocycles. The molecule has 1 aliphatic heterocycles. The van der Waals surface area contributed by atoms with Crippen LogP contribution in [0.2, 0.25) is 0 Å². The van der Waals surface area contributed by atoms with E-state index in [1.807, 2.05) is 24.3 Å². The van der Waals surface area contributed by atoms with Gasteiger partial charge < -0.3 is 15.4 Å². The van der Waals surface area contributed by atoms with Gasteiger partial charge in [-0.15, -0.1) is 0 Å². The first-order valence-corrected chi connectivity index (χ1v) is 6.42. The summed E-state index contributed by atoms with van der Waals surface area (Å²) in [7, 11) is 0. The molecule has 7 nitrogen and oxygen atoms in total. The molecule has 1 aliphatic rings. The normalized spacial score (nSPS) is 18.7. The van der Waals surface area contributed by atoms with Crippen LogP contribution in [0.3, 0.4) is 0 Å². The Labute approximate surface area is 116 Å². The van der Waals surface area contributed by atoms with Gasteiger partial charge in [0.25, 0.3) is 5.91 Å². The van der Waals surface area contributed by atoms with Gasteiger partial charge in [0.1, 0.15) is 18.8 Å². The Kier molecular flexibility index (Phi) is 3.71. The highest BCUT2D eigenvalue weighted by Gasteiger charge is 2.22. The first-order chi connectivity index (χ1) is 9.84. The second kappa shape index (κ2) is 5.81. The number of aromatic nitrogens is 3. The molecule has 3 rings (SSSR count). The summed E-state index contributed by atoms with van der Waals surface area (Å²) >= 11 is 0. The minimum atomic E-state index is -0.465. The van der Waals surface area contributed by atoms with Crippen LogP contribution in [0.1, 0.15) is 0 Å². The summed E-state index contributed by atoms with van der Waals surface area (Å²) in [6.45, 7) is 1.85. The van der Waals surface area contributed by atoms with Crippen LogP contribution in [0.15, 0.2) is 36.9 Å². The zero-order valence-corrected chi connectivity index (χ0v) is 10.8. The number of anilines is 1. The highest BCUT2D eigenvalue weighted by molar-refractivity contribution is 5.96. The Bertz CT molecular complexity index is 578. The van der Waals surface area contributed by atoms with Gasteiger partial charge in [0.15, 0.2) is 0 Å². The van der Waals surface area contributed by atoms with Crippen molar-refractivity contribution < 1.29 is 9.53 Å². The number of hydrogen-bond donors (Lipinski definition) is 2. The Morgan fingerprint density at radius 3 is 3.10 bits per heavy atom. The quantitative estimate of drug-likeness (QED) is 0.834. The summed E-state index contributed by atoms with van der Waals surface area (Å²) in [5.74, 6) is -0.162. The number of rotatable bonds is 3. The van der Waals surface area contributed by atoms with Gasteiger partial charge in [-0.1, -0.05) is 12.1 Å². The average Bonchev–Trinajstić information content (AvgIpc) is 3.03. The van der Waals surface area contributed by atoms with Crippen LogP contribution in [0.5, 0.6) is 0 Å². The summed E-state index contributed by atoms with van der Waals surface area (Å²) in [6, 6.07) is 7.43. The summed E-state index contributed by atoms with van der Waals surface area (Å²) in [4.78, 5) is 16.1. The molecule has 1 fully saturated rings. The van der Waals surface area contributed by atoms with Crippen molar-refractivity contribution in [1.29, 1.82) is 0 Å². The fraction of sp³-hybridized carbons (Fsp3) is 0.308. The van der Waals surface area contributed by atoms with E-state index in [-0.39, 0.29) is 5.91 Å². The van der Waals surface area contributed by atoms with Crippen LogP contribution in [-0.4, -0.2) is 46.5 Å². The second-order valence-electron chi connectivity index (χ2n) is 4.41. The van der Waals surface area contributed by atoms with Gasteiger partial charge in [-0.3, -0.25) is 4.79 Å². The minimum Gasteiger partial charge on any atom is -0.366 e. The average molecular weight is 273 g/mol.